The lowest BCUT2D eigenvalue weighted by molar-refractivity contribution is -0.118. The van der Waals surface area contributed by atoms with E-state index in [4.69, 9.17) is 27.9 Å². The van der Waals surface area contributed by atoms with E-state index < -0.39 is 0 Å². The van der Waals surface area contributed by atoms with Gasteiger partial charge in [-0.1, -0.05) is 41.4 Å². The lowest BCUT2D eigenvalue weighted by Gasteiger charge is -2.11. The number of nitrogens with zero attached hydrogens (tertiary/aromatic N) is 1. The fourth-order valence-electron chi connectivity index (χ4n) is 2.76. The summed E-state index contributed by atoms with van der Waals surface area (Å²) in [5, 5.41) is 3.93. The molecule has 0 fully saturated rings. The number of anilines is 1. The summed E-state index contributed by atoms with van der Waals surface area (Å²) >= 11 is 12.2. The first-order valence-electron chi connectivity index (χ1n) is 9.41. The van der Waals surface area contributed by atoms with E-state index in [1.54, 1.807) is 36.5 Å². The zero-order valence-corrected chi connectivity index (χ0v) is 18.5. The summed E-state index contributed by atoms with van der Waals surface area (Å²) in [6.07, 6.45) is 1.70. The maximum absolute atomic E-state index is 12.3. The molecule has 0 saturated carbocycles. The summed E-state index contributed by atoms with van der Waals surface area (Å²) in [6.45, 7) is 5.77. The highest BCUT2D eigenvalue weighted by molar-refractivity contribution is 6.31. The number of nitrogens with one attached hydrogen (secondary N) is 1. The van der Waals surface area contributed by atoms with Gasteiger partial charge in [0.2, 0.25) is 0 Å². The number of carbonyl (C=O) groups is 1. The van der Waals surface area contributed by atoms with Crippen molar-refractivity contribution in [3.05, 3.63) is 86.9 Å². The molecule has 0 atom stereocenters. The smallest absolute Gasteiger partial charge is 0.262 e. The molecule has 1 N–H and O–H groups in total. The van der Waals surface area contributed by atoms with Gasteiger partial charge in [0.05, 0.1) is 5.69 Å². The van der Waals surface area contributed by atoms with Gasteiger partial charge in [-0.2, -0.15) is 0 Å². The topological polar surface area (TPSA) is 50.7 Å². The molecule has 0 aliphatic rings. The van der Waals surface area contributed by atoms with Crippen LogP contribution in [0.25, 0.3) is 0 Å². The van der Waals surface area contributed by atoms with Crippen molar-refractivity contribution in [2.75, 3.05) is 11.9 Å². The highest BCUT2D eigenvalue weighted by Gasteiger charge is 2.09. The Hall–Kier alpha value is -2.82. The maximum Gasteiger partial charge on any atom is 0.262 e. The Morgan fingerprint density at radius 2 is 1.77 bits per heavy atom. The molecule has 0 radical (unpaired) electrons. The molecule has 3 aromatic rings. The summed E-state index contributed by atoms with van der Waals surface area (Å²) in [5.41, 5.74) is 5.32. The Morgan fingerprint density at radius 1 is 1.00 bits per heavy atom. The number of hydrogen-bond donors (Lipinski definition) is 1. The van der Waals surface area contributed by atoms with Crippen LogP contribution in [0.5, 0.6) is 5.75 Å². The van der Waals surface area contributed by atoms with Crippen LogP contribution >= 0.6 is 23.2 Å². The van der Waals surface area contributed by atoms with Crippen LogP contribution in [0.1, 0.15) is 22.3 Å². The summed E-state index contributed by atoms with van der Waals surface area (Å²) in [4.78, 5) is 16.9. The van der Waals surface area contributed by atoms with Crippen molar-refractivity contribution < 1.29 is 9.53 Å². The number of aryl methyl sites for hydroxylation is 3. The molecule has 4 nitrogen and oxygen atoms in total. The first-order valence-corrected chi connectivity index (χ1v) is 10.2. The molecular formula is C24H22Cl2N2O2. The van der Waals surface area contributed by atoms with E-state index in [9.17, 15) is 4.79 Å². The molecule has 0 spiro atoms. The van der Waals surface area contributed by atoms with Crippen molar-refractivity contribution >= 4 is 46.7 Å². The van der Waals surface area contributed by atoms with Crippen LogP contribution in [0.15, 0.2) is 59.6 Å². The second-order valence-electron chi connectivity index (χ2n) is 7.03. The number of halogens is 2. The van der Waals surface area contributed by atoms with E-state index in [1.165, 1.54) is 0 Å². The van der Waals surface area contributed by atoms with Gasteiger partial charge in [-0.3, -0.25) is 9.79 Å². The molecule has 0 unspecified atom stereocenters. The third-order valence-electron chi connectivity index (χ3n) is 4.49. The standard InChI is InChI=1S/C24H22Cl2N2O2/c1-15-4-5-17(3)22(10-15)27-13-18-11-19(25)7-9-23(18)30-14-24(29)28-20-8-6-16(2)21(26)12-20/h4-13H,14H2,1-3H3,(H,28,29). The average molecular weight is 441 g/mol. The molecule has 1 amide bonds. The fraction of sp³-hybridized carbons (Fsp3) is 0.167. The van der Waals surface area contributed by atoms with E-state index in [-0.39, 0.29) is 12.5 Å². The van der Waals surface area contributed by atoms with Gasteiger partial charge in [0, 0.05) is 27.5 Å². The first kappa shape index (κ1) is 21.9. The number of rotatable bonds is 6. The van der Waals surface area contributed by atoms with Crippen molar-refractivity contribution in [1.82, 2.24) is 0 Å². The molecule has 0 saturated heterocycles. The molecular weight excluding hydrogens is 419 g/mol. The normalized spacial score (nSPS) is 11.0. The second-order valence-corrected chi connectivity index (χ2v) is 7.87. The molecule has 6 heteroatoms. The Morgan fingerprint density at radius 3 is 2.53 bits per heavy atom. The summed E-state index contributed by atoms with van der Waals surface area (Å²) < 4.78 is 5.73. The van der Waals surface area contributed by atoms with Crippen molar-refractivity contribution in [3.63, 3.8) is 0 Å². The summed E-state index contributed by atoms with van der Waals surface area (Å²) in [6, 6.07) is 16.6. The molecule has 3 rings (SSSR count). The minimum absolute atomic E-state index is 0.155. The number of amides is 1. The van der Waals surface area contributed by atoms with Crippen molar-refractivity contribution in [2.45, 2.75) is 20.8 Å². The van der Waals surface area contributed by atoms with Gasteiger partial charge in [0.1, 0.15) is 5.75 Å². The molecule has 30 heavy (non-hydrogen) atoms. The van der Waals surface area contributed by atoms with Gasteiger partial charge in [-0.15, -0.1) is 0 Å². The molecule has 0 aliphatic carbocycles. The zero-order chi connectivity index (χ0) is 21.7. The number of carbonyl (C=O) groups excluding carboxylic acids is 1. The van der Waals surface area contributed by atoms with E-state index in [0.717, 1.165) is 22.4 Å². The zero-order valence-electron chi connectivity index (χ0n) is 17.0. The molecule has 154 valence electrons. The third kappa shape index (κ3) is 5.85. The minimum Gasteiger partial charge on any atom is -0.483 e. The van der Waals surface area contributed by atoms with Crippen LogP contribution in [0.3, 0.4) is 0 Å². The Labute approximate surface area is 186 Å². The Kier molecular flexibility index (Phi) is 7.14. The lowest BCUT2D eigenvalue weighted by Crippen LogP contribution is -2.20. The fourth-order valence-corrected chi connectivity index (χ4v) is 3.12. The van der Waals surface area contributed by atoms with Gasteiger partial charge in [0.15, 0.2) is 6.61 Å². The van der Waals surface area contributed by atoms with Gasteiger partial charge in [-0.25, -0.2) is 0 Å². The van der Waals surface area contributed by atoms with Gasteiger partial charge < -0.3 is 10.1 Å². The van der Waals surface area contributed by atoms with Crippen LogP contribution in [0.4, 0.5) is 11.4 Å². The van der Waals surface area contributed by atoms with Gasteiger partial charge >= 0.3 is 0 Å². The number of hydrogen-bond acceptors (Lipinski definition) is 3. The predicted molar refractivity (Wildman–Crippen MR) is 125 cm³/mol. The summed E-state index contributed by atoms with van der Waals surface area (Å²) in [7, 11) is 0. The highest BCUT2D eigenvalue weighted by Crippen LogP contribution is 2.25. The van der Waals surface area contributed by atoms with Crippen molar-refractivity contribution in [1.29, 1.82) is 0 Å². The third-order valence-corrected chi connectivity index (χ3v) is 5.14. The van der Waals surface area contributed by atoms with E-state index in [1.807, 2.05) is 45.0 Å². The van der Waals surface area contributed by atoms with Gasteiger partial charge in [0.25, 0.3) is 5.91 Å². The van der Waals surface area contributed by atoms with Crippen molar-refractivity contribution in [3.8, 4) is 5.75 Å². The molecule has 0 heterocycles. The Balaban J connectivity index is 1.71. The summed E-state index contributed by atoms with van der Waals surface area (Å²) in [5.74, 6) is 0.229. The maximum atomic E-state index is 12.3. The van der Waals surface area contributed by atoms with Crippen LogP contribution in [0.2, 0.25) is 10.0 Å². The molecule has 0 bridgehead atoms. The quantitative estimate of drug-likeness (QED) is 0.434. The number of ether oxygens (including phenoxy) is 1. The molecule has 0 aliphatic heterocycles. The average Bonchev–Trinajstić information content (AvgIpc) is 2.70. The van der Waals surface area contributed by atoms with E-state index >= 15 is 0 Å². The number of benzene rings is 3. The SMILES string of the molecule is Cc1ccc(C)c(N=Cc2cc(Cl)ccc2OCC(=O)Nc2ccc(C)c(Cl)c2)c1. The lowest BCUT2D eigenvalue weighted by atomic mass is 10.1. The largest absolute Gasteiger partial charge is 0.483 e. The number of aliphatic imine (C=N–C) groups is 1. The first-order chi connectivity index (χ1) is 14.3. The monoisotopic (exact) mass is 440 g/mol. The van der Waals surface area contributed by atoms with E-state index in [0.29, 0.717) is 27.0 Å². The second kappa shape index (κ2) is 9.79. The van der Waals surface area contributed by atoms with Crippen LogP contribution in [-0.4, -0.2) is 18.7 Å². The highest BCUT2D eigenvalue weighted by atomic mass is 35.5. The van der Waals surface area contributed by atoms with Gasteiger partial charge in [-0.05, 0) is 73.9 Å². The van der Waals surface area contributed by atoms with E-state index in [2.05, 4.69) is 10.3 Å². The predicted octanol–water partition coefficient (Wildman–Crippen LogP) is 6.69. The van der Waals surface area contributed by atoms with Crippen LogP contribution < -0.4 is 10.1 Å². The minimum atomic E-state index is -0.290. The van der Waals surface area contributed by atoms with Crippen LogP contribution in [0, 0.1) is 20.8 Å². The molecule has 3 aromatic carbocycles. The molecule has 0 aromatic heterocycles. The van der Waals surface area contributed by atoms with Crippen molar-refractivity contribution in [2.24, 2.45) is 4.99 Å². The van der Waals surface area contributed by atoms with Crippen LogP contribution in [-0.2, 0) is 4.79 Å². The Bertz CT molecular complexity index is 1110.